The fraction of sp³-hybridized carbons (Fsp3) is 0.259. The molecule has 0 bridgehead atoms. The summed E-state index contributed by atoms with van der Waals surface area (Å²) in [4.78, 5) is 22.1. The second kappa shape index (κ2) is 10.2. The lowest BCUT2D eigenvalue weighted by atomic mass is 9.87. The molecule has 0 saturated carbocycles. The van der Waals surface area contributed by atoms with Gasteiger partial charge in [0, 0.05) is 39.8 Å². The van der Waals surface area contributed by atoms with Gasteiger partial charge in [0.25, 0.3) is 5.91 Å². The van der Waals surface area contributed by atoms with Gasteiger partial charge in [0.2, 0.25) is 0 Å². The Morgan fingerprint density at radius 1 is 1.08 bits per heavy atom. The molecule has 1 amide bonds. The zero-order valence-electron chi connectivity index (χ0n) is 20.3. The molecule has 4 heterocycles. The van der Waals surface area contributed by atoms with E-state index in [1.807, 2.05) is 30.3 Å². The summed E-state index contributed by atoms with van der Waals surface area (Å²) in [5.74, 6) is 1.72. The number of aromatic amines is 1. The smallest absolute Gasteiger partial charge is 0.251 e. The van der Waals surface area contributed by atoms with Gasteiger partial charge in [-0.3, -0.25) is 14.9 Å². The van der Waals surface area contributed by atoms with E-state index in [1.165, 1.54) is 0 Å². The predicted octanol–water partition coefficient (Wildman–Crippen LogP) is 4.73. The highest BCUT2D eigenvalue weighted by Crippen LogP contribution is 2.41. The zero-order valence-corrected chi connectivity index (χ0v) is 21.8. The van der Waals surface area contributed by atoms with Gasteiger partial charge < -0.3 is 20.7 Å². The van der Waals surface area contributed by atoms with Gasteiger partial charge in [-0.15, -0.1) is 0 Å². The first-order chi connectivity index (χ1) is 18.5. The summed E-state index contributed by atoms with van der Waals surface area (Å²) in [5.41, 5.74) is 2.54. The van der Waals surface area contributed by atoms with Gasteiger partial charge in [-0.2, -0.15) is 5.10 Å². The fourth-order valence-electron chi connectivity index (χ4n) is 5.00. The molecule has 1 fully saturated rings. The number of benzene rings is 2. The Morgan fingerprint density at radius 2 is 1.89 bits per heavy atom. The van der Waals surface area contributed by atoms with Crippen LogP contribution < -0.4 is 20.7 Å². The van der Waals surface area contributed by atoms with Crippen LogP contribution in [0.4, 0.5) is 5.69 Å². The van der Waals surface area contributed by atoms with Crippen molar-refractivity contribution in [2.24, 2.45) is 0 Å². The van der Waals surface area contributed by atoms with E-state index in [4.69, 9.17) is 32.9 Å². The molecule has 11 heteroatoms. The van der Waals surface area contributed by atoms with E-state index in [0.29, 0.717) is 33.8 Å². The highest BCUT2D eigenvalue weighted by Gasteiger charge is 2.37. The summed E-state index contributed by atoms with van der Waals surface area (Å²) in [6.07, 6.45) is 5.04. The van der Waals surface area contributed by atoms with Gasteiger partial charge in [-0.1, -0.05) is 29.3 Å². The largest absolute Gasteiger partial charge is 0.489 e. The molecule has 0 spiro atoms. The fourth-order valence-corrected chi connectivity index (χ4v) is 5.57. The lowest BCUT2D eigenvalue weighted by Gasteiger charge is -2.37. The van der Waals surface area contributed by atoms with E-state index in [-0.39, 0.29) is 11.9 Å². The summed E-state index contributed by atoms with van der Waals surface area (Å²) in [6, 6.07) is 14.3. The van der Waals surface area contributed by atoms with Crippen molar-refractivity contribution in [2.45, 2.75) is 24.4 Å². The summed E-state index contributed by atoms with van der Waals surface area (Å²) in [7, 11) is 0. The summed E-state index contributed by atoms with van der Waals surface area (Å²) in [6.45, 7) is 1.94. The Kier molecular flexibility index (Phi) is 6.65. The van der Waals surface area contributed by atoms with Crippen LogP contribution in [-0.2, 0) is 5.54 Å². The standard InChI is InChI=1S/C27H25Cl2N7O2/c28-18-13-20-22(15-38-23(20)21(29)14-18)32-25(37)17-2-1-3-19(12-17)34-27(6-10-31-11-7-27)26-33-24(35-36-26)16-4-8-30-9-5-16/h1-5,8-9,12-14,22,31,34H,6-7,10-11,15H2,(H,32,37)(H,33,35,36)/t22-/m1/s1. The number of aromatic nitrogens is 4. The number of anilines is 1. The molecule has 2 aromatic carbocycles. The second-order valence-electron chi connectivity index (χ2n) is 9.42. The Hall–Kier alpha value is -3.66. The van der Waals surface area contributed by atoms with Crippen LogP contribution >= 0.6 is 23.2 Å². The number of carbonyl (C=O) groups is 1. The topological polar surface area (TPSA) is 117 Å². The van der Waals surface area contributed by atoms with Gasteiger partial charge in [-0.05, 0) is 68.4 Å². The molecule has 4 aromatic rings. The third-order valence-corrected chi connectivity index (χ3v) is 7.45. The number of hydrogen-bond acceptors (Lipinski definition) is 7. The normalized spacial score (nSPS) is 17.9. The number of fused-ring (bicyclic) bond motifs is 1. The first-order valence-electron chi connectivity index (χ1n) is 12.4. The van der Waals surface area contributed by atoms with E-state index >= 15 is 0 Å². The number of ether oxygens (including phenoxy) is 1. The van der Waals surface area contributed by atoms with Crippen molar-refractivity contribution in [1.29, 1.82) is 0 Å². The minimum Gasteiger partial charge on any atom is -0.489 e. The second-order valence-corrected chi connectivity index (χ2v) is 10.3. The summed E-state index contributed by atoms with van der Waals surface area (Å²) in [5, 5.41) is 18.7. The van der Waals surface area contributed by atoms with E-state index in [9.17, 15) is 4.79 Å². The van der Waals surface area contributed by atoms with Crippen molar-refractivity contribution < 1.29 is 9.53 Å². The number of pyridine rings is 1. The van der Waals surface area contributed by atoms with Crippen LogP contribution in [0.15, 0.2) is 60.9 Å². The van der Waals surface area contributed by atoms with Crippen molar-refractivity contribution in [2.75, 3.05) is 25.0 Å². The molecule has 6 rings (SSSR count). The van der Waals surface area contributed by atoms with Crippen molar-refractivity contribution in [3.8, 4) is 17.1 Å². The molecule has 1 atom stereocenters. The number of nitrogens with one attached hydrogen (secondary N) is 4. The molecule has 0 unspecified atom stereocenters. The highest BCUT2D eigenvalue weighted by atomic mass is 35.5. The molecule has 38 heavy (non-hydrogen) atoms. The number of amides is 1. The Bertz CT molecular complexity index is 1470. The molecule has 2 aliphatic rings. The molecule has 0 radical (unpaired) electrons. The number of rotatable bonds is 6. The van der Waals surface area contributed by atoms with Gasteiger partial charge in [-0.25, -0.2) is 4.98 Å². The molecule has 2 aromatic heterocycles. The summed E-state index contributed by atoms with van der Waals surface area (Å²) < 4.78 is 5.71. The lowest BCUT2D eigenvalue weighted by molar-refractivity contribution is 0.0930. The average molecular weight is 550 g/mol. The van der Waals surface area contributed by atoms with E-state index < -0.39 is 5.54 Å². The third-order valence-electron chi connectivity index (χ3n) is 6.95. The molecule has 194 valence electrons. The van der Waals surface area contributed by atoms with Gasteiger partial charge in [0.1, 0.15) is 12.4 Å². The maximum atomic E-state index is 13.2. The SMILES string of the molecule is O=C(N[C@@H]1COc2c(Cl)cc(Cl)cc21)c1cccc(NC2(c3nc(-c4ccncc4)n[nH]3)CCNCC2)c1. The Balaban J connectivity index is 1.23. The molecular formula is C27H25Cl2N7O2. The number of hydrogen-bond donors (Lipinski definition) is 4. The van der Waals surface area contributed by atoms with Crippen LogP contribution in [0, 0.1) is 0 Å². The van der Waals surface area contributed by atoms with Gasteiger partial charge in [0.15, 0.2) is 11.6 Å². The van der Waals surface area contributed by atoms with E-state index in [2.05, 4.69) is 31.1 Å². The van der Waals surface area contributed by atoms with Crippen LogP contribution in [0.2, 0.25) is 10.0 Å². The van der Waals surface area contributed by atoms with Gasteiger partial charge in [0.05, 0.1) is 16.6 Å². The molecule has 2 aliphatic heterocycles. The Labute approximate surface area is 229 Å². The number of halogens is 2. The van der Waals surface area contributed by atoms with Crippen LogP contribution in [0.1, 0.15) is 40.6 Å². The van der Waals surface area contributed by atoms with Crippen LogP contribution in [0.25, 0.3) is 11.4 Å². The lowest BCUT2D eigenvalue weighted by Crippen LogP contribution is -2.46. The average Bonchev–Trinajstić information content (AvgIpc) is 3.59. The number of carbonyl (C=O) groups excluding carboxylic acids is 1. The molecular weight excluding hydrogens is 525 g/mol. The van der Waals surface area contributed by atoms with Crippen LogP contribution in [0.3, 0.4) is 0 Å². The van der Waals surface area contributed by atoms with E-state index in [1.54, 1.807) is 30.6 Å². The minimum absolute atomic E-state index is 0.217. The maximum absolute atomic E-state index is 13.2. The number of nitrogens with zero attached hydrogens (tertiary/aromatic N) is 3. The van der Waals surface area contributed by atoms with Crippen LogP contribution in [-0.4, -0.2) is 45.8 Å². The molecule has 0 aliphatic carbocycles. The summed E-state index contributed by atoms with van der Waals surface area (Å²) >= 11 is 12.4. The Morgan fingerprint density at radius 3 is 2.71 bits per heavy atom. The van der Waals surface area contributed by atoms with Crippen molar-refractivity contribution in [1.82, 2.24) is 30.8 Å². The third kappa shape index (κ3) is 4.80. The zero-order chi connectivity index (χ0) is 26.1. The number of piperidine rings is 1. The quantitative estimate of drug-likeness (QED) is 0.274. The first-order valence-corrected chi connectivity index (χ1v) is 13.1. The first kappa shape index (κ1) is 24.7. The minimum atomic E-state index is -0.468. The monoisotopic (exact) mass is 549 g/mol. The van der Waals surface area contributed by atoms with Gasteiger partial charge >= 0.3 is 0 Å². The number of H-pyrrole nitrogens is 1. The molecule has 9 nitrogen and oxygen atoms in total. The van der Waals surface area contributed by atoms with E-state index in [0.717, 1.165) is 48.6 Å². The highest BCUT2D eigenvalue weighted by molar-refractivity contribution is 6.35. The van der Waals surface area contributed by atoms with Crippen molar-refractivity contribution in [3.05, 3.63) is 87.9 Å². The molecule has 4 N–H and O–H groups in total. The van der Waals surface area contributed by atoms with Crippen molar-refractivity contribution in [3.63, 3.8) is 0 Å². The maximum Gasteiger partial charge on any atom is 0.251 e. The van der Waals surface area contributed by atoms with Crippen LogP contribution in [0.5, 0.6) is 5.75 Å². The van der Waals surface area contributed by atoms with Crippen molar-refractivity contribution >= 4 is 34.8 Å². The molecule has 1 saturated heterocycles. The predicted molar refractivity (Wildman–Crippen MR) is 146 cm³/mol.